The van der Waals surface area contributed by atoms with E-state index < -0.39 is 0 Å². The quantitative estimate of drug-likeness (QED) is 0.839. The van der Waals surface area contributed by atoms with E-state index in [9.17, 15) is 5.11 Å². The second-order valence-corrected chi connectivity index (χ2v) is 6.61. The Morgan fingerprint density at radius 2 is 2.05 bits per heavy atom. The fourth-order valence-corrected chi connectivity index (χ4v) is 3.24. The number of phenolic OH excluding ortho intramolecular Hbond substituents is 1. The molecule has 5 heteroatoms. The zero-order chi connectivity index (χ0) is 14.0. The predicted octanol–water partition coefficient (Wildman–Crippen LogP) is 4.92. The molecule has 19 heavy (non-hydrogen) atoms. The maximum atomic E-state index is 9.88. The van der Waals surface area contributed by atoms with E-state index in [2.05, 4.69) is 31.3 Å². The van der Waals surface area contributed by atoms with Crippen LogP contribution in [0.3, 0.4) is 0 Å². The van der Waals surface area contributed by atoms with Crippen LogP contribution >= 0.6 is 34.5 Å². The van der Waals surface area contributed by atoms with Crippen molar-refractivity contribution in [2.45, 2.75) is 26.4 Å². The number of hydrogen-bond donors (Lipinski definition) is 2. The Morgan fingerprint density at radius 1 is 1.32 bits per heavy atom. The fraction of sp³-hybridized carbons (Fsp3) is 0.286. The smallest absolute Gasteiger partial charge is 0.138 e. The van der Waals surface area contributed by atoms with Gasteiger partial charge >= 0.3 is 0 Å². The number of nitrogens with one attached hydrogen (secondary N) is 1. The number of halogens is 2. The Balaban J connectivity index is 2.06. The predicted molar refractivity (Wildman–Crippen MR) is 82.4 cm³/mol. The van der Waals surface area contributed by atoms with E-state index in [0.717, 1.165) is 0 Å². The summed E-state index contributed by atoms with van der Waals surface area (Å²) in [4.78, 5) is 2.56. The molecule has 0 saturated heterocycles. The first-order chi connectivity index (χ1) is 8.97. The molecule has 2 rings (SSSR count). The molecule has 2 N–H and O–H groups in total. The van der Waals surface area contributed by atoms with Crippen LogP contribution in [0.5, 0.6) is 5.75 Å². The monoisotopic (exact) mass is 315 g/mol. The Hall–Kier alpha value is -0.740. The molecule has 0 aliphatic rings. The van der Waals surface area contributed by atoms with E-state index in [0.29, 0.717) is 17.1 Å². The van der Waals surface area contributed by atoms with E-state index in [4.69, 9.17) is 23.2 Å². The molecular weight excluding hydrogens is 301 g/mol. The SMILES string of the molecule is Cc1ccc(C(C)NCc2cc(Cl)cc(Cl)c2O)s1. The zero-order valence-electron chi connectivity index (χ0n) is 10.7. The van der Waals surface area contributed by atoms with Crippen molar-refractivity contribution in [1.82, 2.24) is 5.32 Å². The molecule has 0 amide bonds. The normalized spacial score (nSPS) is 12.6. The summed E-state index contributed by atoms with van der Waals surface area (Å²) in [5.41, 5.74) is 0.706. The van der Waals surface area contributed by atoms with Crippen LogP contribution in [0.25, 0.3) is 0 Å². The zero-order valence-corrected chi connectivity index (χ0v) is 13.0. The van der Waals surface area contributed by atoms with Crippen LogP contribution in [0, 0.1) is 6.92 Å². The highest BCUT2D eigenvalue weighted by molar-refractivity contribution is 7.12. The first-order valence-corrected chi connectivity index (χ1v) is 7.51. The standard InChI is InChI=1S/C14H15Cl2NOS/c1-8-3-4-13(19-8)9(2)17-7-10-5-11(15)6-12(16)14(10)18/h3-6,9,17-18H,7H2,1-2H3. The highest BCUT2D eigenvalue weighted by Gasteiger charge is 2.11. The molecule has 1 unspecified atom stereocenters. The number of benzene rings is 1. The summed E-state index contributed by atoms with van der Waals surface area (Å²) < 4.78 is 0. The van der Waals surface area contributed by atoms with Crippen molar-refractivity contribution in [2.75, 3.05) is 0 Å². The number of rotatable bonds is 4. The van der Waals surface area contributed by atoms with Gasteiger partial charge in [0.15, 0.2) is 0 Å². The molecule has 0 bridgehead atoms. The molecule has 1 aromatic heterocycles. The molecule has 0 radical (unpaired) electrons. The van der Waals surface area contributed by atoms with Gasteiger partial charge in [-0.3, -0.25) is 0 Å². The van der Waals surface area contributed by atoms with Gasteiger partial charge in [-0.05, 0) is 38.1 Å². The van der Waals surface area contributed by atoms with Crippen molar-refractivity contribution >= 4 is 34.5 Å². The molecule has 0 spiro atoms. The third kappa shape index (κ3) is 3.63. The minimum atomic E-state index is 0.0909. The van der Waals surface area contributed by atoms with Gasteiger partial charge in [0.25, 0.3) is 0 Å². The van der Waals surface area contributed by atoms with Gasteiger partial charge in [0.2, 0.25) is 0 Å². The fourth-order valence-electron chi connectivity index (χ4n) is 1.80. The molecule has 1 atom stereocenters. The van der Waals surface area contributed by atoms with Crippen LogP contribution < -0.4 is 5.32 Å². The Kier molecular flexibility index (Phi) is 4.74. The lowest BCUT2D eigenvalue weighted by molar-refractivity contribution is 0.461. The van der Waals surface area contributed by atoms with Gasteiger partial charge < -0.3 is 10.4 Å². The van der Waals surface area contributed by atoms with Gasteiger partial charge in [0.05, 0.1) is 5.02 Å². The molecule has 0 aliphatic carbocycles. The van der Waals surface area contributed by atoms with E-state index in [1.165, 1.54) is 15.8 Å². The molecule has 1 aromatic carbocycles. The number of phenols is 1. The maximum Gasteiger partial charge on any atom is 0.138 e. The van der Waals surface area contributed by atoms with Crippen molar-refractivity contribution in [3.05, 3.63) is 49.6 Å². The lowest BCUT2D eigenvalue weighted by Crippen LogP contribution is -2.17. The third-order valence-corrected chi connectivity index (χ3v) is 4.58. The summed E-state index contributed by atoms with van der Waals surface area (Å²) in [6.45, 7) is 4.70. The van der Waals surface area contributed by atoms with Crippen LogP contribution in [0.2, 0.25) is 10.0 Å². The lowest BCUT2D eigenvalue weighted by atomic mass is 10.2. The highest BCUT2D eigenvalue weighted by Crippen LogP contribution is 2.31. The van der Waals surface area contributed by atoms with Crippen LogP contribution in [-0.4, -0.2) is 5.11 Å². The second kappa shape index (κ2) is 6.14. The molecule has 0 saturated carbocycles. The van der Waals surface area contributed by atoms with Crippen LogP contribution in [0.4, 0.5) is 0 Å². The van der Waals surface area contributed by atoms with Crippen LogP contribution in [-0.2, 0) is 6.54 Å². The van der Waals surface area contributed by atoms with Gasteiger partial charge in [0, 0.05) is 32.9 Å². The van der Waals surface area contributed by atoms with Crippen LogP contribution in [0.15, 0.2) is 24.3 Å². The molecular formula is C14H15Cl2NOS. The summed E-state index contributed by atoms with van der Waals surface area (Å²) in [5.74, 6) is 0.0909. The molecule has 0 aliphatic heterocycles. The average Bonchev–Trinajstić information content (AvgIpc) is 2.78. The van der Waals surface area contributed by atoms with Crippen molar-refractivity contribution in [2.24, 2.45) is 0 Å². The summed E-state index contributed by atoms with van der Waals surface area (Å²) >= 11 is 13.6. The summed E-state index contributed by atoms with van der Waals surface area (Å²) in [6.07, 6.45) is 0. The first-order valence-electron chi connectivity index (χ1n) is 5.94. The minimum absolute atomic E-state index is 0.0909. The van der Waals surface area contributed by atoms with Gasteiger partial charge in [-0.25, -0.2) is 0 Å². The molecule has 0 fully saturated rings. The first kappa shape index (κ1) is 14.7. The Morgan fingerprint density at radius 3 is 2.68 bits per heavy atom. The van der Waals surface area contributed by atoms with Crippen molar-refractivity contribution in [3.8, 4) is 5.75 Å². The Labute approximate surface area is 127 Å². The Bertz CT molecular complexity index is 583. The van der Waals surface area contributed by atoms with E-state index in [1.807, 2.05) is 0 Å². The molecule has 1 heterocycles. The highest BCUT2D eigenvalue weighted by atomic mass is 35.5. The van der Waals surface area contributed by atoms with Crippen molar-refractivity contribution in [1.29, 1.82) is 0 Å². The number of aromatic hydroxyl groups is 1. The topological polar surface area (TPSA) is 32.3 Å². The summed E-state index contributed by atoms with van der Waals surface area (Å²) in [5, 5.41) is 14.0. The maximum absolute atomic E-state index is 9.88. The lowest BCUT2D eigenvalue weighted by Gasteiger charge is -2.13. The molecule has 2 aromatic rings. The van der Waals surface area contributed by atoms with E-state index in [1.54, 1.807) is 17.4 Å². The average molecular weight is 316 g/mol. The second-order valence-electron chi connectivity index (χ2n) is 4.45. The van der Waals surface area contributed by atoms with Gasteiger partial charge in [-0.1, -0.05) is 23.2 Å². The van der Waals surface area contributed by atoms with Gasteiger partial charge in [-0.2, -0.15) is 0 Å². The number of thiophene rings is 1. The third-order valence-electron chi connectivity index (χ3n) is 2.89. The number of aryl methyl sites for hydroxylation is 1. The van der Waals surface area contributed by atoms with Crippen molar-refractivity contribution in [3.63, 3.8) is 0 Å². The van der Waals surface area contributed by atoms with Gasteiger partial charge in [0.1, 0.15) is 5.75 Å². The minimum Gasteiger partial charge on any atom is -0.506 e. The molecule has 2 nitrogen and oxygen atoms in total. The van der Waals surface area contributed by atoms with Gasteiger partial charge in [-0.15, -0.1) is 11.3 Å². The van der Waals surface area contributed by atoms with E-state index >= 15 is 0 Å². The largest absolute Gasteiger partial charge is 0.506 e. The summed E-state index contributed by atoms with van der Waals surface area (Å²) in [7, 11) is 0. The molecule has 102 valence electrons. The number of hydrogen-bond acceptors (Lipinski definition) is 3. The van der Waals surface area contributed by atoms with Crippen LogP contribution in [0.1, 0.15) is 28.3 Å². The van der Waals surface area contributed by atoms with Crippen molar-refractivity contribution < 1.29 is 5.11 Å². The summed E-state index contributed by atoms with van der Waals surface area (Å²) in [6, 6.07) is 7.70. The van der Waals surface area contributed by atoms with E-state index in [-0.39, 0.29) is 16.8 Å².